The largest absolute Gasteiger partial charge is 0.497 e. The Bertz CT molecular complexity index is 1040. The third-order valence-corrected chi connectivity index (χ3v) is 7.36. The van der Waals surface area contributed by atoms with Crippen LogP contribution in [0.1, 0.15) is 17.0 Å². The second kappa shape index (κ2) is 7.42. The molecule has 26 heavy (non-hydrogen) atoms. The van der Waals surface area contributed by atoms with Crippen LogP contribution in [0.5, 0.6) is 5.75 Å². The Morgan fingerprint density at radius 1 is 1.27 bits per heavy atom. The van der Waals surface area contributed by atoms with Crippen LogP contribution in [-0.2, 0) is 16.6 Å². The summed E-state index contributed by atoms with van der Waals surface area (Å²) in [6.07, 6.45) is 0. The van der Waals surface area contributed by atoms with Crippen LogP contribution in [-0.4, -0.2) is 25.3 Å². The maximum Gasteiger partial charge on any atom is 0.271 e. The van der Waals surface area contributed by atoms with E-state index in [2.05, 4.69) is 25.8 Å². The third-order valence-electron chi connectivity index (χ3n) is 3.90. The predicted molar refractivity (Wildman–Crippen MR) is 107 cm³/mol. The Hall–Kier alpha value is -1.84. The van der Waals surface area contributed by atoms with Gasteiger partial charge in [0.2, 0.25) is 0 Å². The molecule has 1 aromatic carbocycles. The Balaban J connectivity index is 1.88. The van der Waals surface area contributed by atoms with E-state index in [9.17, 15) is 8.42 Å². The molecule has 0 radical (unpaired) electrons. The van der Waals surface area contributed by atoms with Gasteiger partial charge in [0.1, 0.15) is 9.96 Å². The Kier molecular flexibility index (Phi) is 5.40. The van der Waals surface area contributed by atoms with Gasteiger partial charge in [0.15, 0.2) is 0 Å². The minimum atomic E-state index is -3.64. The second-order valence-corrected chi connectivity index (χ2v) is 10.1. The maximum absolute atomic E-state index is 12.6. The summed E-state index contributed by atoms with van der Waals surface area (Å²) in [6, 6.07) is 11.0. The number of thiophene rings is 1. The lowest BCUT2D eigenvalue weighted by Gasteiger charge is -2.09. The van der Waals surface area contributed by atoms with E-state index < -0.39 is 10.0 Å². The molecule has 138 valence electrons. The molecule has 0 spiro atoms. The molecule has 0 aliphatic carbocycles. The molecule has 0 aliphatic heterocycles. The number of benzene rings is 1. The van der Waals surface area contributed by atoms with Crippen molar-refractivity contribution < 1.29 is 13.2 Å². The predicted octanol–water partition coefficient (Wildman–Crippen LogP) is 4.18. The molecule has 0 saturated carbocycles. The summed E-state index contributed by atoms with van der Waals surface area (Å²) in [6.45, 7) is 4.16. The standard InChI is InChI=1S/C17H18BrN3O3S2/c1-11-17(20-26(22,23)16-8-7-15(18)25-16)12(2)21(19-11)10-13-5-4-6-14(9-13)24-3/h4-9,20H,10H2,1-3H3. The zero-order valence-corrected chi connectivity index (χ0v) is 17.7. The molecule has 9 heteroatoms. The zero-order valence-electron chi connectivity index (χ0n) is 14.5. The van der Waals surface area contributed by atoms with Gasteiger partial charge < -0.3 is 4.74 Å². The molecular weight excluding hydrogens is 438 g/mol. The van der Waals surface area contributed by atoms with E-state index in [1.54, 1.807) is 30.8 Å². The van der Waals surface area contributed by atoms with Crippen LogP contribution in [0.15, 0.2) is 44.4 Å². The van der Waals surface area contributed by atoms with Gasteiger partial charge >= 0.3 is 0 Å². The number of anilines is 1. The monoisotopic (exact) mass is 455 g/mol. The van der Waals surface area contributed by atoms with E-state index in [0.717, 1.165) is 32.1 Å². The maximum atomic E-state index is 12.6. The van der Waals surface area contributed by atoms with Gasteiger partial charge in [-0.3, -0.25) is 9.40 Å². The van der Waals surface area contributed by atoms with Crippen LogP contribution >= 0.6 is 27.3 Å². The number of sulfonamides is 1. The first-order valence-corrected chi connectivity index (χ1v) is 10.8. The number of nitrogens with zero attached hydrogens (tertiary/aromatic N) is 2. The molecule has 3 aromatic rings. The van der Waals surface area contributed by atoms with Crippen LogP contribution in [0, 0.1) is 13.8 Å². The van der Waals surface area contributed by atoms with Crippen molar-refractivity contribution in [2.75, 3.05) is 11.8 Å². The Morgan fingerprint density at radius 2 is 2.04 bits per heavy atom. The summed E-state index contributed by atoms with van der Waals surface area (Å²) in [5.41, 5.74) is 2.91. The number of aryl methyl sites for hydroxylation is 1. The number of methoxy groups -OCH3 is 1. The summed E-state index contributed by atoms with van der Waals surface area (Å²) in [5, 5.41) is 4.49. The highest BCUT2D eigenvalue weighted by molar-refractivity contribution is 9.11. The van der Waals surface area contributed by atoms with Gasteiger partial charge in [0, 0.05) is 0 Å². The molecule has 0 bridgehead atoms. The molecule has 0 aliphatic rings. The third kappa shape index (κ3) is 3.94. The highest BCUT2D eigenvalue weighted by atomic mass is 79.9. The van der Waals surface area contributed by atoms with E-state index in [4.69, 9.17) is 4.74 Å². The van der Waals surface area contributed by atoms with Crippen molar-refractivity contribution >= 4 is 43.0 Å². The lowest BCUT2D eigenvalue weighted by atomic mass is 10.2. The molecule has 6 nitrogen and oxygen atoms in total. The Morgan fingerprint density at radius 3 is 2.69 bits per heavy atom. The minimum Gasteiger partial charge on any atom is -0.497 e. The van der Waals surface area contributed by atoms with Gasteiger partial charge in [-0.2, -0.15) is 5.10 Å². The number of hydrogen-bond donors (Lipinski definition) is 1. The smallest absolute Gasteiger partial charge is 0.271 e. The molecule has 1 N–H and O–H groups in total. The number of nitrogens with one attached hydrogen (secondary N) is 1. The average molecular weight is 456 g/mol. The summed E-state index contributed by atoms with van der Waals surface area (Å²) in [5.74, 6) is 0.772. The fourth-order valence-electron chi connectivity index (χ4n) is 2.57. The molecule has 0 atom stereocenters. The van der Waals surface area contributed by atoms with E-state index in [-0.39, 0.29) is 4.21 Å². The van der Waals surface area contributed by atoms with Crippen molar-refractivity contribution in [2.45, 2.75) is 24.6 Å². The van der Waals surface area contributed by atoms with Crippen molar-refractivity contribution in [1.29, 1.82) is 0 Å². The van der Waals surface area contributed by atoms with E-state index in [0.29, 0.717) is 17.9 Å². The molecule has 0 unspecified atom stereocenters. The molecule has 0 amide bonds. The first-order valence-electron chi connectivity index (χ1n) is 7.75. The van der Waals surface area contributed by atoms with Gasteiger partial charge in [-0.15, -0.1) is 11.3 Å². The summed E-state index contributed by atoms with van der Waals surface area (Å²) < 4.78 is 35.9. The van der Waals surface area contributed by atoms with Gasteiger partial charge in [-0.05, 0) is 59.6 Å². The fraction of sp³-hybridized carbons (Fsp3) is 0.235. The van der Waals surface area contributed by atoms with Gasteiger partial charge in [0.25, 0.3) is 10.0 Å². The quantitative estimate of drug-likeness (QED) is 0.604. The number of rotatable bonds is 6. The van der Waals surface area contributed by atoms with E-state index in [1.807, 2.05) is 31.2 Å². The van der Waals surface area contributed by atoms with Crippen LogP contribution in [0.3, 0.4) is 0 Å². The Labute approximate surface area is 165 Å². The van der Waals surface area contributed by atoms with E-state index >= 15 is 0 Å². The second-order valence-electron chi connectivity index (χ2n) is 5.72. The van der Waals surface area contributed by atoms with Crippen LogP contribution in [0.25, 0.3) is 0 Å². The fourth-order valence-corrected chi connectivity index (χ4v) is 5.76. The van der Waals surface area contributed by atoms with Gasteiger partial charge in [-0.1, -0.05) is 12.1 Å². The normalized spacial score (nSPS) is 11.5. The van der Waals surface area contributed by atoms with Gasteiger partial charge in [-0.25, -0.2) is 8.42 Å². The van der Waals surface area contributed by atoms with Crippen molar-refractivity contribution in [1.82, 2.24) is 9.78 Å². The topological polar surface area (TPSA) is 73.2 Å². The zero-order chi connectivity index (χ0) is 18.9. The van der Waals surface area contributed by atoms with Crippen LogP contribution < -0.4 is 9.46 Å². The first-order chi connectivity index (χ1) is 12.3. The number of halogens is 1. The lowest BCUT2D eigenvalue weighted by molar-refractivity contribution is 0.414. The number of ether oxygens (including phenoxy) is 1. The van der Waals surface area contributed by atoms with Gasteiger partial charge in [0.05, 0.1) is 34.5 Å². The van der Waals surface area contributed by atoms with Crippen molar-refractivity contribution in [3.8, 4) is 5.75 Å². The molecule has 0 fully saturated rings. The molecule has 0 saturated heterocycles. The highest BCUT2D eigenvalue weighted by Gasteiger charge is 2.21. The molecule has 3 rings (SSSR count). The summed E-state index contributed by atoms with van der Waals surface area (Å²) in [4.78, 5) is 0. The molecule has 2 aromatic heterocycles. The summed E-state index contributed by atoms with van der Waals surface area (Å²) >= 11 is 4.46. The van der Waals surface area contributed by atoms with Crippen molar-refractivity contribution in [3.05, 3.63) is 57.1 Å². The number of hydrogen-bond acceptors (Lipinski definition) is 5. The van der Waals surface area contributed by atoms with Crippen LogP contribution in [0.2, 0.25) is 0 Å². The van der Waals surface area contributed by atoms with Crippen molar-refractivity contribution in [2.24, 2.45) is 0 Å². The minimum absolute atomic E-state index is 0.253. The van der Waals surface area contributed by atoms with Crippen LogP contribution in [0.4, 0.5) is 5.69 Å². The lowest BCUT2D eigenvalue weighted by Crippen LogP contribution is -2.13. The molecular formula is C17H18BrN3O3S2. The summed E-state index contributed by atoms with van der Waals surface area (Å²) in [7, 11) is -2.02. The average Bonchev–Trinajstić information content (AvgIpc) is 3.15. The highest BCUT2D eigenvalue weighted by Crippen LogP contribution is 2.29. The van der Waals surface area contributed by atoms with E-state index in [1.165, 1.54) is 0 Å². The first kappa shape index (κ1) is 18.9. The molecule has 2 heterocycles. The SMILES string of the molecule is COc1cccc(Cn2nc(C)c(NS(=O)(=O)c3ccc(Br)s3)c2C)c1. The number of aromatic nitrogens is 2. The van der Waals surface area contributed by atoms with Crippen molar-refractivity contribution in [3.63, 3.8) is 0 Å².